The fourth-order valence-corrected chi connectivity index (χ4v) is 2.90. The number of amides is 1. The van der Waals surface area contributed by atoms with E-state index in [1.54, 1.807) is 24.3 Å². The van der Waals surface area contributed by atoms with E-state index in [0.29, 0.717) is 22.4 Å². The molecule has 4 aromatic rings. The zero-order valence-electron chi connectivity index (χ0n) is 14.7. The van der Waals surface area contributed by atoms with E-state index >= 15 is 0 Å². The van der Waals surface area contributed by atoms with Crippen molar-refractivity contribution in [1.82, 2.24) is 4.98 Å². The summed E-state index contributed by atoms with van der Waals surface area (Å²) in [4.78, 5) is 27.2. The maximum absolute atomic E-state index is 12.4. The summed E-state index contributed by atoms with van der Waals surface area (Å²) in [7, 11) is 0. The van der Waals surface area contributed by atoms with E-state index in [-0.39, 0.29) is 23.9 Å². The van der Waals surface area contributed by atoms with Crippen LogP contribution in [0.15, 0.2) is 77.2 Å². The Balaban J connectivity index is 1.63. The predicted molar refractivity (Wildman–Crippen MR) is 105 cm³/mol. The summed E-state index contributed by atoms with van der Waals surface area (Å²) in [6.07, 6.45) is 0.245. The van der Waals surface area contributed by atoms with E-state index in [0.717, 1.165) is 5.56 Å². The molecule has 0 saturated carbocycles. The largest absolute Gasteiger partial charge is 0.436 e. The highest BCUT2D eigenvalue weighted by Crippen LogP contribution is 2.31. The number of anilines is 1. The molecule has 0 atom stereocenters. The molecule has 0 unspecified atom stereocenters. The van der Waals surface area contributed by atoms with E-state index in [1.807, 2.05) is 30.3 Å². The lowest BCUT2D eigenvalue weighted by molar-refractivity contribution is -0.384. The molecule has 7 heteroatoms. The Bertz CT molecular complexity index is 1170. The molecule has 3 aromatic carbocycles. The van der Waals surface area contributed by atoms with Crippen molar-refractivity contribution in [3.63, 3.8) is 0 Å². The summed E-state index contributed by atoms with van der Waals surface area (Å²) < 4.78 is 5.74. The number of nitrogens with zero attached hydrogens (tertiary/aromatic N) is 2. The van der Waals surface area contributed by atoms with Crippen LogP contribution in [-0.2, 0) is 11.2 Å². The third kappa shape index (κ3) is 3.59. The van der Waals surface area contributed by atoms with Crippen molar-refractivity contribution in [2.45, 2.75) is 6.42 Å². The summed E-state index contributed by atoms with van der Waals surface area (Å²) in [6, 6.07) is 20.8. The number of para-hydroxylation sites is 1. The van der Waals surface area contributed by atoms with Gasteiger partial charge in [-0.2, -0.15) is 0 Å². The third-order valence-corrected chi connectivity index (χ3v) is 4.22. The molecule has 1 aromatic heterocycles. The van der Waals surface area contributed by atoms with Gasteiger partial charge in [0.05, 0.1) is 22.6 Å². The van der Waals surface area contributed by atoms with Crippen molar-refractivity contribution in [1.29, 1.82) is 0 Å². The topological polar surface area (TPSA) is 98.3 Å². The highest BCUT2D eigenvalue weighted by atomic mass is 16.6. The average Bonchev–Trinajstić information content (AvgIpc) is 3.12. The number of hydrogen-bond acceptors (Lipinski definition) is 5. The quantitative estimate of drug-likeness (QED) is 0.408. The molecule has 0 bridgehead atoms. The van der Waals surface area contributed by atoms with Gasteiger partial charge in [0.25, 0.3) is 5.69 Å². The van der Waals surface area contributed by atoms with Crippen LogP contribution in [0.25, 0.3) is 22.6 Å². The summed E-state index contributed by atoms with van der Waals surface area (Å²) in [5.41, 5.74) is 2.83. The number of nitro benzene ring substituents is 1. The Morgan fingerprint density at radius 2 is 1.79 bits per heavy atom. The van der Waals surface area contributed by atoms with Crippen LogP contribution in [0, 0.1) is 10.1 Å². The normalized spacial score (nSPS) is 10.7. The molecular formula is C21H15N3O4. The van der Waals surface area contributed by atoms with Crippen LogP contribution in [-0.4, -0.2) is 15.8 Å². The Labute approximate surface area is 159 Å². The molecule has 138 valence electrons. The molecule has 1 N–H and O–H groups in total. The smallest absolute Gasteiger partial charge is 0.271 e. The van der Waals surface area contributed by atoms with Gasteiger partial charge in [0, 0.05) is 12.1 Å². The number of benzene rings is 3. The van der Waals surface area contributed by atoms with Crippen molar-refractivity contribution >= 4 is 28.4 Å². The molecule has 0 aliphatic heterocycles. The molecule has 0 spiro atoms. The first-order valence-corrected chi connectivity index (χ1v) is 8.58. The molecule has 0 aliphatic carbocycles. The number of oxazole rings is 1. The maximum atomic E-state index is 12.4. The molecule has 1 amide bonds. The number of hydrogen-bond donors (Lipinski definition) is 1. The van der Waals surface area contributed by atoms with Gasteiger partial charge in [-0.1, -0.05) is 42.5 Å². The average molecular weight is 373 g/mol. The predicted octanol–water partition coefficient (Wildman–Crippen LogP) is 4.58. The van der Waals surface area contributed by atoms with Crippen LogP contribution in [0.2, 0.25) is 0 Å². The Kier molecular flexibility index (Phi) is 4.55. The first kappa shape index (κ1) is 17.4. The van der Waals surface area contributed by atoms with E-state index in [9.17, 15) is 14.9 Å². The van der Waals surface area contributed by atoms with Gasteiger partial charge >= 0.3 is 0 Å². The lowest BCUT2D eigenvalue weighted by Crippen LogP contribution is -2.14. The van der Waals surface area contributed by atoms with Crippen LogP contribution >= 0.6 is 0 Å². The number of nitro groups is 1. The molecule has 0 fully saturated rings. The van der Waals surface area contributed by atoms with Crippen LogP contribution in [0.4, 0.5) is 11.4 Å². The molecular weight excluding hydrogens is 358 g/mol. The Morgan fingerprint density at radius 3 is 2.57 bits per heavy atom. The first-order chi connectivity index (χ1) is 13.6. The lowest BCUT2D eigenvalue weighted by atomic mass is 10.1. The van der Waals surface area contributed by atoms with Crippen molar-refractivity contribution in [3.8, 4) is 11.5 Å². The fraction of sp³-hybridized carbons (Fsp3) is 0.0476. The number of rotatable bonds is 5. The van der Waals surface area contributed by atoms with Gasteiger partial charge in [0.15, 0.2) is 5.58 Å². The van der Waals surface area contributed by atoms with Crippen molar-refractivity contribution < 1.29 is 14.1 Å². The summed E-state index contributed by atoms with van der Waals surface area (Å²) in [5, 5.41) is 13.8. The van der Waals surface area contributed by atoms with E-state index in [4.69, 9.17) is 4.42 Å². The Hall–Kier alpha value is -4.00. The minimum Gasteiger partial charge on any atom is -0.436 e. The van der Waals surface area contributed by atoms with E-state index < -0.39 is 4.92 Å². The Morgan fingerprint density at radius 1 is 1.04 bits per heavy atom. The first-order valence-electron chi connectivity index (χ1n) is 8.58. The number of aromatic nitrogens is 1. The SMILES string of the molecule is O=C(Cc1ccccc1)Nc1ccccc1-c1nc2cc([N+](=O)[O-])ccc2o1. The van der Waals surface area contributed by atoms with E-state index in [1.165, 1.54) is 18.2 Å². The highest BCUT2D eigenvalue weighted by molar-refractivity contribution is 5.96. The van der Waals surface area contributed by atoms with Crippen molar-refractivity contribution in [2.24, 2.45) is 0 Å². The third-order valence-electron chi connectivity index (χ3n) is 4.22. The molecule has 0 radical (unpaired) electrons. The van der Waals surface area contributed by atoms with Gasteiger partial charge in [-0.05, 0) is 23.8 Å². The molecule has 4 rings (SSSR count). The number of nitrogens with one attached hydrogen (secondary N) is 1. The monoisotopic (exact) mass is 373 g/mol. The van der Waals surface area contributed by atoms with Gasteiger partial charge in [0.1, 0.15) is 5.52 Å². The van der Waals surface area contributed by atoms with Crippen molar-refractivity contribution in [2.75, 3.05) is 5.32 Å². The highest BCUT2D eigenvalue weighted by Gasteiger charge is 2.16. The summed E-state index contributed by atoms with van der Waals surface area (Å²) in [5.74, 6) is 0.122. The number of non-ortho nitro benzene ring substituents is 1. The van der Waals surface area contributed by atoms with Gasteiger partial charge < -0.3 is 9.73 Å². The zero-order valence-corrected chi connectivity index (χ0v) is 14.7. The van der Waals surface area contributed by atoms with Gasteiger partial charge in [-0.15, -0.1) is 0 Å². The van der Waals surface area contributed by atoms with Crippen LogP contribution in [0.3, 0.4) is 0 Å². The van der Waals surface area contributed by atoms with Crippen LogP contribution < -0.4 is 5.32 Å². The van der Waals surface area contributed by atoms with Crippen molar-refractivity contribution in [3.05, 3.63) is 88.5 Å². The second-order valence-corrected chi connectivity index (χ2v) is 6.18. The summed E-state index contributed by atoms with van der Waals surface area (Å²) in [6.45, 7) is 0. The summed E-state index contributed by atoms with van der Waals surface area (Å²) >= 11 is 0. The fourth-order valence-electron chi connectivity index (χ4n) is 2.90. The zero-order chi connectivity index (χ0) is 19.5. The number of fused-ring (bicyclic) bond motifs is 1. The maximum Gasteiger partial charge on any atom is 0.271 e. The molecule has 7 nitrogen and oxygen atoms in total. The van der Waals surface area contributed by atoms with E-state index in [2.05, 4.69) is 10.3 Å². The van der Waals surface area contributed by atoms with Gasteiger partial charge in [-0.3, -0.25) is 14.9 Å². The molecule has 1 heterocycles. The van der Waals surface area contributed by atoms with Crippen LogP contribution in [0.5, 0.6) is 0 Å². The lowest BCUT2D eigenvalue weighted by Gasteiger charge is -2.09. The molecule has 28 heavy (non-hydrogen) atoms. The van der Waals surface area contributed by atoms with Gasteiger partial charge in [0.2, 0.25) is 11.8 Å². The minimum atomic E-state index is -0.481. The molecule has 0 saturated heterocycles. The second kappa shape index (κ2) is 7.32. The number of carbonyl (C=O) groups is 1. The second-order valence-electron chi connectivity index (χ2n) is 6.18. The van der Waals surface area contributed by atoms with Gasteiger partial charge in [-0.25, -0.2) is 4.98 Å². The standard InChI is InChI=1S/C21H15N3O4/c25-20(12-14-6-2-1-3-7-14)22-17-9-5-4-8-16(17)21-23-18-13-15(24(26)27)10-11-19(18)28-21/h1-11,13H,12H2,(H,22,25). The minimum absolute atomic E-state index is 0.0585. The molecule has 0 aliphatic rings. The number of carbonyl (C=O) groups excluding carboxylic acids is 1. The van der Waals surface area contributed by atoms with Crippen LogP contribution in [0.1, 0.15) is 5.56 Å².